The number of amides is 3. The van der Waals surface area contributed by atoms with Crippen LogP contribution < -0.4 is 20.7 Å². The van der Waals surface area contributed by atoms with Crippen LogP contribution in [0.3, 0.4) is 0 Å². The van der Waals surface area contributed by atoms with E-state index < -0.39 is 34.8 Å². The number of aromatic nitrogens is 2. The van der Waals surface area contributed by atoms with Crippen LogP contribution >= 0.6 is 0 Å². The molecule has 35 heavy (non-hydrogen) atoms. The summed E-state index contributed by atoms with van der Waals surface area (Å²) < 4.78 is 60.9. The van der Waals surface area contributed by atoms with Gasteiger partial charge in [0.15, 0.2) is 0 Å². The van der Waals surface area contributed by atoms with Crippen LogP contribution in [0.5, 0.6) is 11.6 Å². The van der Waals surface area contributed by atoms with Gasteiger partial charge in [0, 0.05) is 30.5 Å². The molecule has 3 amide bonds. The van der Waals surface area contributed by atoms with E-state index in [9.17, 15) is 27.2 Å². The number of nitrogens with one attached hydrogen (secondary N) is 3. The Kier molecular flexibility index (Phi) is 6.54. The maximum Gasteiger partial charge on any atom is 0.323 e. The number of carbonyl (C=O) groups is 2. The Morgan fingerprint density at radius 3 is 2.37 bits per heavy atom. The van der Waals surface area contributed by atoms with Gasteiger partial charge in [-0.1, -0.05) is 6.07 Å². The van der Waals surface area contributed by atoms with E-state index in [1.807, 2.05) is 0 Å². The van der Waals surface area contributed by atoms with Crippen molar-refractivity contribution in [3.8, 4) is 11.6 Å². The summed E-state index contributed by atoms with van der Waals surface area (Å²) in [5.41, 5.74) is -1.26. The zero-order valence-electron chi connectivity index (χ0n) is 18.2. The minimum Gasteiger partial charge on any atom is -0.439 e. The third kappa shape index (κ3) is 6.22. The number of hydrogen-bond donors (Lipinski definition) is 3. The first-order valence-electron chi connectivity index (χ1n) is 10.4. The van der Waals surface area contributed by atoms with Crippen LogP contribution in [0.4, 0.5) is 39.5 Å². The fraction of sp³-hybridized carbons (Fsp3) is 0.217. The number of urea groups is 1. The second kappa shape index (κ2) is 9.57. The van der Waals surface area contributed by atoms with Gasteiger partial charge in [0.2, 0.25) is 11.8 Å². The topological polar surface area (TPSA) is 105 Å². The fourth-order valence-corrected chi connectivity index (χ4v) is 2.99. The number of nitrogens with zero attached hydrogens (tertiary/aromatic N) is 2. The lowest BCUT2D eigenvalue weighted by atomic mass is 10.1. The highest BCUT2D eigenvalue weighted by molar-refractivity contribution is 6.00. The zero-order valence-corrected chi connectivity index (χ0v) is 18.2. The molecule has 0 spiro atoms. The number of anilines is 3. The normalized spacial score (nSPS) is 13.2. The summed E-state index contributed by atoms with van der Waals surface area (Å²) in [6.45, 7) is 0.635. The molecule has 1 aromatic heterocycles. The Morgan fingerprint density at radius 1 is 0.943 bits per heavy atom. The Labute approximate surface area is 196 Å². The molecule has 0 bridgehead atoms. The number of halogens is 4. The number of hydrogen-bond acceptors (Lipinski definition) is 5. The maximum atomic E-state index is 14.5. The fourth-order valence-electron chi connectivity index (χ4n) is 2.99. The monoisotopic (exact) mass is 489 g/mol. The number of ether oxygens (including phenoxy) is 1. The number of alkyl halides is 2. The summed E-state index contributed by atoms with van der Waals surface area (Å²) >= 11 is 0. The maximum absolute atomic E-state index is 14.5. The first-order valence-corrected chi connectivity index (χ1v) is 10.4. The van der Waals surface area contributed by atoms with Gasteiger partial charge in [0.25, 0.3) is 5.92 Å². The lowest BCUT2D eigenvalue weighted by molar-refractivity contribution is -0.117. The number of benzene rings is 2. The van der Waals surface area contributed by atoms with Gasteiger partial charge >= 0.3 is 6.03 Å². The van der Waals surface area contributed by atoms with E-state index in [-0.39, 0.29) is 35.0 Å². The number of carbonyl (C=O) groups excluding carboxylic acids is 2. The van der Waals surface area contributed by atoms with Crippen molar-refractivity contribution in [1.82, 2.24) is 9.97 Å². The van der Waals surface area contributed by atoms with Gasteiger partial charge in [-0.15, -0.1) is 0 Å². The number of rotatable bonds is 7. The second-order valence-corrected chi connectivity index (χ2v) is 7.91. The molecule has 1 heterocycles. The summed E-state index contributed by atoms with van der Waals surface area (Å²) in [7, 11) is 0. The second-order valence-electron chi connectivity index (χ2n) is 7.91. The van der Waals surface area contributed by atoms with Gasteiger partial charge in [-0.2, -0.15) is 0 Å². The zero-order chi connectivity index (χ0) is 25.2. The SMILES string of the molecule is CC(F)(F)c1ccc(F)c(NC(=O)Nc2ccc(Oc3cc(NC(=O)C4CC4)ncn3)cc2F)c1. The quantitative estimate of drug-likeness (QED) is 0.372. The Hall–Kier alpha value is -4.22. The van der Waals surface area contributed by atoms with Gasteiger partial charge in [-0.3, -0.25) is 4.79 Å². The molecular formula is C23H19F4N5O3. The van der Waals surface area contributed by atoms with Crippen LogP contribution in [0.2, 0.25) is 0 Å². The first kappa shape index (κ1) is 23.9. The van der Waals surface area contributed by atoms with Crippen molar-refractivity contribution < 1.29 is 31.9 Å². The summed E-state index contributed by atoms with van der Waals surface area (Å²) in [6.07, 6.45) is 2.83. The van der Waals surface area contributed by atoms with Gasteiger partial charge in [-0.05, 0) is 37.1 Å². The van der Waals surface area contributed by atoms with E-state index >= 15 is 0 Å². The summed E-state index contributed by atoms with van der Waals surface area (Å²) in [5, 5.41) is 6.89. The molecule has 8 nitrogen and oxygen atoms in total. The molecule has 182 valence electrons. The molecule has 1 aliphatic carbocycles. The minimum absolute atomic E-state index is 0.0197. The van der Waals surface area contributed by atoms with Crippen LogP contribution in [0.1, 0.15) is 25.3 Å². The lowest BCUT2D eigenvalue weighted by Gasteiger charge is -2.14. The molecule has 3 N–H and O–H groups in total. The molecule has 0 radical (unpaired) electrons. The van der Waals surface area contributed by atoms with E-state index in [1.165, 1.54) is 24.5 Å². The highest BCUT2D eigenvalue weighted by atomic mass is 19.3. The van der Waals surface area contributed by atoms with Gasteiger partial charge in [0.05, 0.1) is 11.4 Å². The molecule has 4 rings (SSSR count). The molecule has 1 saturated carbocycles. The molecule has 12 heteroatoms. The van der Waals surface area contributed by atoms with Crippen molar-refractivity contribution in [2.45, 2.75) is 25.7 Å². The van der Waals surface area contributed by atoms with Crippen LogP contribution in [0.15, 0.2) is 48.8 Å². The van der Waals surface area contributed by atoms with Crippen LogP contribution in [0, 0.1) is 17.6 Å². The van der Waals surface area contributed by atoms with Crippen LogP contribution in [0.25, 0.3) is 0 Å². The van der Waals surface area contributed by atoms with Gasteiger partial charge in [-0.25, -0.2) is 32.3 Å². The molecule has 1 aliphatic rings. The highest BCUT2D eigenvalue weighted by Gasteiger charge is 2.30. The predicted octanol–water partition coefficient (Wildman–Crippen LogP) is 5.65. The highest BCUT2D eigenvalue weighted by Crippen LogP contribution is 2.31. The Balaban J connectivity index is 1.40. The molecular weight excluding hydrogens is 470 g/mol. The van der Waals surface area contributed by atoms with E-state index in [1.54, 1.807) is 0 Å². The Bertz CT molecular complexity index is 1280. The lowest BCUT2D eigenvalue weighted by Crippen LogP contribution is -2.21. The minimum atomic E-state index is -3.24. The molecule has 0 unspecified atom stereocenters. The van der Waals surface area contributed by atoms with E-state index in [4.69, 9.17) is 4.74 Å². The molecule has 1 fully saturated rings. The Morgan fingerprint density at radius 2 is 1.69 bits per heavy atom. The third-order valence-electron chi connectivity index (χ3n) is 4.97. The van der Waals surface area contributed by atoms with Gasteiger partial charge in [0.1, 0.15) is 29.5 Å². The molecule has 3 aromatic rings. The van der Waals surface area contributed by atoms with Crippen molar-refractivity contribution in [2.75, 3.05) is 16.0 Å². The van der Waals surface area contributed by atoms with Crippen molar-refractivity contribution in [2.24, 2.45) is 5.92 Å². The average molecular weight is 489 g/mol. The summed E-state index contributed by atoms with van der Waals surface area (Å²) in [5.74, 6) is -4.91. The standard InChI is InChI=1S/C23H19F4N5O3/c1-23(26,27)13-4-6-15(24)18(8-13)31-22(34)30-17-7-5-14(9-16(17)25)35-20-10-19(28-11-29-20)32-21(33)12-2-3-12/h4-12H,2-3H2,1H3,(H2,30,31,34)(H,28,29,32,33). The van der Waals surface area contributed by atoms with E-state index in [0.717, 1.165) is 37.1 Å². The van der Waals surface area contributed by atoms with Gasteiger partial charge < -0.3 is 20.7 Å². The van der Waals surface area contributed by atoms with Crippen molar-refractivity contribution in [3.05, 3.63) is 66.0 Å². The van der Waals surface area contributed by atoms with Crippen molar-refractivity contribution >= 4 is 29.1 Å². The van der Waals surface area contributed by atoms with E-state index in [0.29, 0.717) is 6.92 Å². The predicted molar refractivity (Wildman–Crippen MR) is 118 cm³/mol. The van der Waals surface area contributed by atoms with Crippen LogP contribution in [-0.4, -0.2) is 21.9 Å². The largest absolute Gasteiger partial charge is 0.439 e. The van der Waals surface area contributed by atoms with E-state index in [2.05, 4.69) is 25.9 Å². The summed E-state index contributed by atoms with van der Waals surface area (Å²) in [4.78, 5) is 31.9. The van der Waals surface area contributed by atoms with Crippen LogP contribution in [-0.2, 0) is 10.7 Å². The van der Waals surface area contributed by atoms with Crippen molar-refractivity contribution in [1.29, 1.82) is 0 Å². The smallest absolute Gasteiger partial charge is 0.323 e. The molecule has 0 aliphatic heterocycles. The summed E-state index contributed by atoms with van der Waals surface area (Å²) in [6, 6.07) is 6.32. The first-order chi connectivity index (χ1) is 16.6. The molecule has 0 atom stereocenters. The van der Waals surface area contributed by atoms with Crippen molar-refractivity contribution in [3.63, 3.8) is 0 Å². The third-order valence-corrected chi connectivity index (χ3v) is 4.97. The average Bonchev–Trinajstić information content (AvgIpc) is 3.62. The molecule has 0 saturated heterocycles. The molecule has 2 aromatic carbocycles.